The third-order valence-corrected chi connectivity index (χ3v) is 8.09. The van der Waals surface area contributed by atoms with E-state index in [-0.39, 0.29) is 33.4 Å². The first-order valence-electron chi connectivity index (χ1n) is 11.3. The van der Waals surface area contributed by atoms with Gasteiger partial charge in [0.15, 0.2) is 0 Å². The molecule has 0 radical (unpaired) electrons. The van der Waals surface area contributed by atoms with Crippen LogP contribution in [0, 0.1) is 16.0 Å². The molecule has 1 aliphatic heterocycles. The number of rotatable bonds is 6. The molecule has 2 aliphatic rings. The smallest absolute Gasteiger partial charge is 0.269 e. The molecule has 0 saturated carbocycles. The van der Waals surface area contributed by atoms with E-state index in [0.29, 0.717) is 5.69 Å². The van der Waals surface area contributed by atoms with Crippen LogP contribution in [0.5, 0.6) is 0 Å². The Hall–Kier alpha value is -3.65. The highest BCUT2D eigenvalue weighted by Gasteiger charge is 2.38. The normalized spacial score (nSPS) is 20.8. The second-order valence-electron chi connectivity index (χ2n) is 8.69. The predicted octanol–water partition coefficient (Wildman–Crippen LogP) is 5.78. The number of nitro benzene ring substituents is 1. The van der Waals surface area contributed by atoms with Crippen LogP contribution >= 0.6 is 0 Å². The summed E-state index contributed by atoms with van der Waals surface area (Å²) in [5.41, 5.74) is 4.21. The molecule has 7 nitrogen and oxygen atoms in total. The average Bonchev–Trinajstić information content (AvgIpc) is 3.34. The number of nitrogens with one attached hydrogen (secondary N) is 2. The number of para-hydroxylation sites is 1. The lowest BCUT2D eigenvalue weighted by molar-refractivity contribution is -0.384. The second kappa shape index (κ2) is 8.61. The maximum absolute atomic E-state index is 13.2. The van der Waals surface area contributed by atoms with Crippen molar-refractivity contribution in [2.75, 3.05) is 10.0 Å². The van der Waals surface area contributed by atoms with Gasteiger partial charge >= 0.3 is 0 Å². The van der Waals surface area contributed by atoms with Gasteiger partial charge in [0.2, 0.25) is 0 Å². The van der Waals surface area contributed by atoms with E-state index in [1.54, 1.807) is 36.4 Å². The van der Waals surface area contributed by atoms with E-state index in [2.05, 4.69) is 22.2 Å². The quantitative estimate of drug-likeness (QED) is 0.267. The Morgan fingerprint density at radius 3 is 2.71 bits per heavy atom. The number of hydrogen-bond donors (Lipinski definition) is 2. The number of sulfonamides is 1. The molecule has 1 aliphatic carbocycles. The minimum Gasteiger partial charge on any atom is -0.378 e. The highest BCUT2D eigenvalue weighted by Crippen LogP contribution is 2.50. The van der Waals surface area contributed by atoms with Crippen LogP contribution in [0.1, 0.15) is 42.0 Å². The van der Waals surface area contributed by atoms with Crippen LogP contribution < -0.4 is 10.0 Å². The monoisotopic (exact) mass is 475 g/mol. The SMILES string of the molecule is CCc1ccccc1NS(=O)(=O)c1ccc2c(c1)[C@H]1C=CC[C@H]1[C@@H](c1cccc([N+](=O)[O-])c1)N2. The molecule has 0 amide bonds. The lowest BCUT2D eigenvalue weighted by Crippen LogP contribution is -2.29. The summed E-state index contributed by atoms with van der Waals surface area (Å²) in [4.78, 5) is 11.1. The van der Waals surface area contributed by atoms with Crippen molar-refractivity contribution in [1.29, 1.82) is 0 Å². The van der Waals surface area contributed by atoms with Crippen LogP contribution in [0.25, 0.3) is 0 Å². The summed E-state index contributed by atoms with van der Waals surface area (Å²) in [7, 11) is -3.77. The third kappa shape index (κ3) is 3.94. The molecular weight excluding hydrogens is 450 g/mol. The van der Waals surface area contributed by atoms with Gasteiger partial charge in [-0.15, -0.1) is 0 Å². The summed E-state index contributed by atoms with van der Waals surface area (Å²) in [6.07, 6.45) is 5.75. The van der Waals surface area contributed by atoms with Crippen molar-refractivity contribution in [3.8, 4) is 0 Å². The summed E-state index contributed by atoms with van der Waals surface area (Å²) >= 11 is 0. The van der Waals surface area contributed by atoms with E-state index in [1.165, 1.54) is 6.07 Å². The summed E-state index contributed by atoms with van der Waals surface area (Å²) in [5.74, 6) is 0.167. The van der Waals surface area contributed by atoms with Gasteiger partial charge in [-0.1, -0.05) is 49.4 Å². The van der Waals surface area contributed by atoms with Crippen LogP contribution in [0.2, 0.25) is 0 Å². The van der Waals surface area contributed by atoms with E-state index < -0.39 is 10.0 Å². The van der Waals surface area contributed by atoms with Crippen molar-refractivity contribution >= 4 is 27.1 Å². The Labute approximate surface area is 198 Å². The van der Waals surface area contributed by atoms with E-state index in [9.17, 15) is 18.5 Å². The van der Waals surface area contributed by atoms with Crippen molar-refractivity contribution in [3.05, 3.63) is 106 Å². The molecule has 0 bridgehead atoms. The fraction of sp³-hybridized carbons (Fsp3) is 0.231. The number of nitrogens with zero attached hydrogens (tertiary/aromatic N) is 1. The number of benzene rings is 3. The van der Waals surface area contributed by atoms with Crippen LogP contribution in [0.4, 0.5) is 17.1 Å². The molecule has 3 aromatic carbocycles. The molecule has 0 spiro atoms. The maximum Gasteiger partial charge on any atom is 0.269 e. The first-order chi connectivity index (χ1) is 16.4. The zero-order valence-corrected chi connectivity index (χ0v) is 19.5. The van der Waals surface area contributed by atoms with Gasteiger partial charge in [-0.25, -0.2) is 8.42 Å². The molecule has 0 unspecified atom stereocenters. The number of aryl methyl sites for hydroxylation is 1. The molecule has 34 heavy (non-hydrogen) atoms. The summed E-state index contributed by atoms with van der Waals surface area (Å²) < 4.78 is 29.2. The van der Waals surface area contributed by atoms with Gasteiger partial charge in [0, 0.05) is 23.7 Å². The zero-order valence-electron chi connectivity index (χ0n) is 18.6. The molecule has 5 rings (SSSR count). The van der Waals surface area contributed by atoms with Gasteiger partial charge in [0.1, 0.15) is 0 Å². The number of anilines is 2. The van der Waals surface area contributed by atoms with Crippen LogP contribution in [0.3, 0.4) is 0 Å². The summed E-state index contributed by atoms with van der Waals surface area (Å²) in [5, 5.41) is 14.8. The Bertz CT molecular complexity index is 1400. The minimum absolute atomic E-state index is 0.0265. The van der Waals surface area contributed by atoms with Crippen LogP contribution in [-0.4, -0.2) is 13.3 Å². The first kappa shape index (κ1) is 22.2. The zero-order chi connectivity index (χ0) is 23.9. The average molecular weight is 476 g/mol. The van der Waals surface area contributed by atoms with Gasteiger partial charge in [0.25, 0.3) is 15.7 Å². The molecule has 0 fully saturated rings. The van der Waals surface area contributed by atoms with Crippen molar-refractivity contribution < 1.29 is 13.3 Å². The van der Waals surface area contributed by atoms with Crippen molar-refractivity contribution in [1.82, 2.24) is 0 Å². The van der Waals surface area contributed by atoms with Crippen molar-refractivity contribution in [2.45, 2.75) is 36.6 Å². The van der Waals surface area contributed by atoms with Gasteiger partial charge < -0.3 is 5.32 Å². The first-order valence-corrected chi connectivity index (χ1v) is 12.8. The highest BCUT2D eigenvalue weighted by atomic mass is 32.2. The lowest BCUT2D eigenvalue weighted by atomic mass is 9.77. The van der Waals surface area contributed by atoms with Crippen molar-refractivity contribution in [3.63, 3.8) is 0 Å². The second-order valence-corrected chi connectivity index (χ2v) is 10.4. The topological polar surface area (TPSA) is 101 Å². The van der Waals surface area contributed by atoms with Gasteiger partial charge in [-0.05, 0) is 59.7 Å². The Kier molecular flexibility index (Phi) is 5.61. The number of non-ortho nitro benzene ring substituents is 1. The molecule has 1 heterocycles. The Morgan fingerprint density at radius 2 is 1.91 bits per heavy atom. The molecule has 0 saturated heterocycles. The molecule has 8 heteroatoms. The predicted molar refractivity (Wildman–Crippen MR) is 133 cm³/mol. The number of fused-ring (bicyclic) bond motifs is 3. The highest BCUT2D eigenvalue weighted by molar-refractivity contribution is 7.92. The Morgan fingerprint density at radius 1 is 1.09 bits per heavy atom. The maximum atomic E-state index is 13.2. The molecule has 174 valence electrons. The summed E-state index contributed by atoms with van der Waals surface area (Å²) in [6.45, 7) is 1.99. The van der Waals surface area contributed by atoms with E-state index in [0.717, 1.165) is 35.2 Å². The Balaban J connectivity index is 1.49. The van der Waals surface area contributed by atoms with Crippen LogP contribution in [-0.2, 0) is 16.4 Å². The van der Waals surface area contributed by atoms with Crippen LogP contribution in [0.15, 0.2) is 83.8 Å². The van der Waals surface area contributed by atoms with E-state index >= 15 is 0 Å². The molecular formula is C26H25N3O4S. The molecule has 3 atom stereocenters. The van der Waals surface area contributed by atoms with E-state index in [4.69, 9.17) is 0 Å². The molecule has 3 aromatic rings. The summed E-state index contributed by atoms with van der Waals surface area (Å²) in [6, 6.07) is 19.1. The lowest BCUT2D eigenvalue weighted by Gasteiger charge is -2.37. The fourth-order valence-electron chi connectivity index (χ4n) is 5.03. The van der Waals surface area contributed by atoms with Gasteiger partial charge in [-0.3, -0.25) is 14.8 Å². The van der Waals surface area contributed by atoms with Gasteiger partial charge in [-0.2, -0.15) is 0 Å². The number of nitro groups is 1. The number of hydrogen-bond acceptors (Lipinski definition) is 5. The largest absolute Gasteiger partial charge is 0.378 e. The third-order valence-electron chi connectivity index (χ3n) is 6.73. The van der Waals surface area contributed by atoms with E-state index in [1.807, 2.05) is 31.2 Å². The molecule has 0 aromatic heterocycles. The minimum atomic E-state index is -3.77. The van der Waals surface area contributed by atoms with Gasteiger partial charge in [0.05, 0.1) is 21.5 Å². The standard InChI is InChI=1S/C26H25N3O4S/c1-2-17-7-3-4-12-24(17)28-34(32,33)20-13-14-25-23(16-20)21-10-6-11-22(21)26(27-25)18-8-5-9-19(15-18)29(30)31/h3-10,12-16,21-22,26-28H,2,11H2,1H3/t21-,22+,26+/m0/s1. The van der Waals surface area contributed by atoms with Crippen molar-refractivity contribution in [2.24, 2.45) is 5.92 Å². The number of allylic oxidation sites excluding steroid dienone is 2. The molecule has 2 N–H and O–H groups in total. The fourth-order valence-corrected chi connectivity index (χ4v) is 6.17.